The quantitative estimate of drug-likeness (QED) is 0.168. The predicted octanol–water partition coefficient (Wildman–Crippen LogP) is 0.00880. The second-order valence-electron chi connectivity index (χ2n) is 6.82. The molecule has 3 aromatic carbocycles. The smallest absolute Gasteiger partial charge is 0.543 e. The molecule has 0 saturated heterocycles. The molecule has 0 saturated carbocycles. The molecule has 0 fully saturated rings. The number of hydrazine groups is 1. The summed E-state index contributed by atoms with van der Waals surface area (Å²) in [5.41, 5.74) is 6.18. The van der Waals surface area contributed by atoms with Crippen LogP contribution >= 0.6 is 0 Å². The molecule has 0 aliphatic heterocycles. The summed E-state index contributed by atoms with van der Waals surface area (Å²) in [6.45, 7) is 0.119. The Bertz CT molecular complexity index is 1100. The summed E-state index contributed by atoms with van der Waals surface area (Å²) >= 11 is 0. The third kappa shape index (κ3) is 7.00. The van der Waals surface area contributed by atoms with Gasteiger partial charge >= 0.3 is 35.7 Å². The number of nitrogens with zero attached hydrogens (tertiary/aromatic N) is 1. The van der Waals surface area contributed by atoms with Gasteiger partial charge in [0.2, 0.25) is 5.88 Å². The first-order valence-electron chi connectivity index (χ1n) is 9.38. The molecule has 10 heteroatoms. The number of carbonyl (C=O) groups excluding carboxylic acids is 1. The normalized spacial score (nSPS) is 11.8. The first kappa shape index (κ1) is 26.3. The predicted molar refractivity (Wildman–Crippen MR) is 110 cm³/mol. The van der Waals surface area contributed by atoms with Crippen molar-refractivity contribution >= 4 is 5.97 Å². The van der Waals surface area contributed by atoms with Crippen LogP contribution in [0, 0.1) is 0 Å². The molecule has 33 heavy (non-hydrogen) atoms. The second kappa shape index (κ2) is 11.2. The van der Waals surface area contributed by atoms with Crippen LogP contribution in [0.15, 0.2) is 90.4 Å². The Kier molecular flexibility index (Phi) is 8.95. The van der Waals surface area contributed by atoms with Crippen LogP contribution < -0.4 is 51.0 Å². The van der Waals surface area contributed by atoms with Crippen molar-refractivity contribution in [3.63, 3.8) is 0 Å². The Labute approximate surface area is 210 Å². The summed E-state index contributed by atoms with van der Waals surface area (Å²) in [5.74, 6) is 4.26. The maximum absolute atomic E-state index is 12.7. The van der Waals surface area contributed by atoms with Crippen molar-refractivity contribution < 1.29 is 57.4 Å². The third-order valence-corrected chi connectivity index (χ3v) is 4.52. The monoisotopic (exact) mass is 465 g/mol. The summed E-state index contributed by atoms with van der Waals surface area (Å²) < 4.78 is 43.8. The van der Waals surface area contributed by atoms with E-state index in [0.29, 0.717) is 11.1 Å². The fraction of sp³-hybridized carbons (Fsp3) is 0.0870. The van der Waals surface area contributed by atoms with Crippen molar-refractivity contribution in [1.82, 2.24) is 5.01 Å². The van der Waals surface area contributed by atoms with Crippen LogP contribution in [0.25, 0.3) is 11.1 Å². The first-order chi connectivity index (χ1) is 15.1. The SMILES string of the molecule is N/C(C(=O)[O-])=C(/Oc1ccc(-c2ccc(C(F)(F)F)cc2)cc1)N(N)Cc1ccccc1.[Na+]. The molecule has 0 unspecified atom stereocenters. The van der Waals surface area contributed by atoms with E-state index in [1.807, 2.05) is 6.07 Å². The van der Waals surface area contributed by atoms with Gasteiger partial charge in [0.15, 0.2) is 0 Å². The van der Waals surface area contributed by atoms with Crippen molar-refractivity contribution in [2.45, 2.75) is 12.7 Å². The van der Waals surface area contributed by atoms with Crippen LogP contribution in [0.4, 0.5) is 13.2 Å². The molecule has 0 spiro atoms. The third-order valence-electron chi connectivity index (χ3n) is 4.52. The molecule has 0 heterocycles. The number of carbonyl (C=O) groups is 1. The van der Waals surface area contributed by atoms with Crippen LogP contribution in [0.1, 0.15) is 11.1 Å². The number of carboxylic acid groups (broad SMARTS) is 1. The van der Waals surface area contributed by atoms with E-state index >= 15 is 0 Å². The fourth-order valence-electron chi connectivity index (χ4n) is 2.89. The van der Waals surface area contributed by atoms with Gasteiger partial charge in [-0.1, -0.05) is 54.6 Å². The molecular weight excluding hydrogens is 446 g/mol. The molecule has 6 nitrogen and oxygen atoms in total. The molecule has 0 amide bonds. The maximum Gasteiger partial charge on any atom is 1.00 e. The number of alkyl halides is 3. The first-order valence-corrected chi connectivity index (χ1v) is 9.38. The van der Waals surface area contributed by atoms with Crippen molar-refractivity contribution in [1.29, 1.82) is 0 Å². The van der Waals surface area contributed by atoms with E-state index in [1.54, 1.807) is 36.4 Å². The molecule has 166 valence electrons. The summed E-state index contributed by atoms with van der Waals surface area (Å²) in [4.78, 5) is 11.3. The van der Waals surface area contributed by atoms with Gasteiger partial charge in [-0.2, -0.15) is 13.2 Å². The molecular formula is C23H19F3N3NaO3. The molecule has 3 rings (SSSR count). The minimum Gasteiger partial charge on any atom is -0.543 e. The van der Waals surface area contributed by atoms with Gasteiger partial charge in [-0.15, -0.1) is 0 Å². The zero-order valence-corrected chi connectivity index (χ0v) is 19.7. The van der Waals surface area contributed by atoms with Crippen LogP contribution in [0.3, 0.4) is 0 Å². The molecule has 0 radical (unpaired) electrons. The van der Waals surface area contributed by atoms with Crippen molar-refractivity contribution in [3.8, 4) is 16.9 Å². The number of hydrogen-bond donors (Lipinski definition) is 2. The Hall–Kier alpha value is -2.98. The van der Waals surface area contributed by atoms with Crippen molar-refractivity contribution in [3.05, 3.63) is 102 Å². The Morgan fingerprint density at radius 2 is 1.42 bits per heavy atom. The van der Waals surface area contributed by atoms with Gasteiger partial charge in [-0.25, -0.2) is 5.84 Å². The van der Waals surface area contributed by atoms with Gasteiger partial charge in [0.1, 0.15) is 11.4 Å². The molecule has 0 atom stereocenters. The number of hydrogen-bond acceptors (Lipinski definition) is 6. The van der Waals surface area contributed by atoms with E-state index in [-0.39, 0.29) is 47.7 Å². The number of aliphatic carboxylic acids is 1. The van der Waals surface area contributed by atoms with Crippen LogP contribution in [-0.2, 0) is 17.5 Å². The fourth-order valence-corrected chi connectivity index (χ4v) is 2.89. The van der Waals surface area contributed by atoms with Crippen LogP contribution in [0.2, 0.25) is 0 Å². The number of ether oxygens (including phenoxy) is 1. The van der Waals surface area contributed by atoms with E-state index in [0.717, 1.165) is 22.7 Å². The minimum absolute atomic E-state index is 0. The minimum atomic E-state index is -4.41. The molecule has 3 aromatic rings. The van der Waals surface area contributed by atoms with E-state index in [9.17, 15) is 23.1 Å². The topological polar surface area (TPSA) is 105 Å². The number of carboxylic acids is 1. The average Bonchev–Trinajstić information content (AvgIpc) is 2.77. The summed E-state index contributed by atoms with van der Waals surface area (Å²) in [6, 6.07) is 20.0. The van der Waals surface area contributed by atoms with E-state index in [4.69, 9.17) is 16.3 Å². The zero-order chi connectivity index (χ0) is 23.3. The van der Waals surface area contributed by atoms with Crippen LogP contribution in [0.5, 0.6) is 5.75 Å². The van der Waals surface area contributed by atoms with E-state index in [1.165, 1.54) is 24.3 Å². The number of benzene rings is 3. The molecule has 0 aliphatic rings. The van der Waals surface area contributed by atoms with E-state index < -0.39 is 23.4 Å². The zero-order valence-electron chi connectivity index (χ0n) is 17.7. The Morgan fingerprint density at radius 1 is 0.909 bits per heavy atom. The van der Waals surface area contributed by atoms with Gasteiger partial charge in [-0.3, -0.25) is 5.01 Å². The second-order valence-corrected chi connectivity index (χ2v) is 6.82. The standard InChI is InChI=1S/C23H20F3N3O3.Na/c24-23(25,26)18-10-6-16(7-11-18)17-8-12-19(13-9-17)32-21(20(27)22(30)31)29(28)14-15-4-2-1-3-5-15;/h1-13H,14,27-28H2,(H,30,31);/q;+1/p-1/b21-20+;. The molecule has 4 N–H and O–H groups in total. The largest absolute Gasteiger partial charge is 1.00 e. The average molecular weight is 465 g/mol. The molecule has 0 aromatic heterocycles. The Balaban J connectivity index is 0.00000385. The Morgan fingerprint density at radius 3 is 1.91 bits per heavy atom. The van der Waals surface area contributed by atoms with Gasteiger partial charge < -0.3 is 20.4 Å². The van der Waals surface area contributed by atoms with Gasteiger partial charge in [0.25, 0.3) is 0 Å². The number of nitrogens with two attached hydrogens (primary N) is 2. The summed E-state index contributed by atoms with van der Waals surface area (Å²) in [5, 5.41) is 12.3. The number of halogens is 3. The summed E-state index contributed by atoms with van der Waals surface area (Å²) in [7, 11) is 0. The molecule has 0 bridgehead atoms. The van der Waals surface area contributed by atoms with Gasteiger partial charge in [0.05, 0.1) is 18.1 Å². The number of rotatable bonds is 7. The maximum atomic E-state index is 12.7. The van der Waals surface area contributed by atoms with Gasteiger partial charge in [0, 0.05) is 0 Å². The molecule has 0 aliphatic carbocycles. The van der Waals surface area contributed by atoms with E-state index in [2.05, 4.69) is 0 Å². The van der Waals surface area contributed by atoms with Gasteiger partial charge in [-0.05, 0) is 41.0 Å². The van der Waals surface area contributed by atoms with Crippen molar-refractivity contribution in [2.75, 3.05) is 0 Å². The van der Waals surface area contributed by atoms with Crippen LogP contribution in [-0.4, -0.2) is 11.0 Å². The van der Waals surface area contributed by atoms with Crippen molar-refractivity contribution in [2.24, 2.45) is 11.6 Å². The summed E-state index contributed by atoms with van der Waals surface area (Å²) in [6.07, 6.45) is -4.41.